The molecule has 0 aliphatic rings. The number of hydrogen-bond donors (Lipinski definition) is 1. The van der Waals surface area contributed by atoms with E-state index in [0.717, 1.165) is 34.6 Å². The van der Waals surface area contributed by atoms with E-state index in [4.69, 9.17) is 14.3 Å². The summed E-state index contributed by atoms with van der Waals surface area (Å²) in [7, 11) is 0. The van der Waals surface area contributed by atoms with Gasteiger partial charge in [-0.15, -0.1) is 0 Å². The number of carbonyl (C=O) groups excluding carboxylic acids is 1. The molecule has 1 heterocycles. The van der Waals surface area contributed by atoms with Crippen molar-refractivity contribution in [3.8, 4) is 17.1 Å². The average molecular weight is 402 g/mol. The summed E-state index contributed by atoms with van der Waals surface area (Å²) in [6, 6.07) is 18.8. The first kappa shape index (κ1) is 19.7. The minimum absolute atomic E-state index is 0.0920. The van der Waals surface area contributed by atoms with E-state index in [0.29, 0.717) is 29.1 Å². The number of Topliss-reactive ketones (excluding diaryl/α,β-unsaturated/α-hetero) is 1. The molecule has 0 aliphatic heterocycles. The van der Waals surface area contributed by atoms with Crippen molar-refractivity contribution in [3.05, 3.63) is 66.2 Å². The maximum absolute atomic E-state index is 13.0. The number of fused-ring (bicyclic) bond motifs is 2. The van der Waals surface area contributed by atoms with Gasteiger partial charge in [0.05, 0.1) is 5.56 Å². The van der Waals surface area contributed by atoms with E-state index in [1.54, 1.807) is 12.1 Å². The molecule has 0 aliphatic carbocycles. The van der Waals surface area contributed by atoms with E-state index in [9.17, 15) is 9.59 Å². The van der Waals surface area contributed by atoms with Gasteiger partial charge < -0.3 is 14.3 Å². The molecule has 0 atom stereocenters. The van der Waals surface area contributed by atoms with Crippen LogP contribution in [0.3, 0.4) is 0 Å². The summed E-state index contributed by atoms with van der Waals surface area (Å²) in [5, 5.41) is 11.5. The summed E-state index contributed by atoms with van der Waals surface area (Å²) in [6.07, 6.45) is 2.29. The normalized spacial score (nSPS) is 11.1. The van der Waals surface area contributed by atoms with Crippen LogP contribution in [0.2, 0.25) is 0 Å². The predicted molar refractivity (Wildman–Crippen MR) is 116 cm³/mol. The lowest BCUT2D eigenvalue weighted by Gasteiger charge is -2.07. The summed E-state index contributed by atoms with van der Waals surface area (Å²) >= 11 is 0. The van der Waals surface area contributed by atoms with E-state index >= 15 is 0 Å². The van der Waals surface area contributed by atoms with E-state index in [1.807, 2.05) is 48.5 Å². The van der Waals surface area contributed by atoms with Gasteiger partial charge in [0.1, 0.15) is 17.1 Å². The van der Waals surface area contributed by atoms with Crippen LogP contribution in [0.15, 0.2) is 65.1 Å². The molecule has 0 saturated heterocycles. The quantitative estimate of drug-likeness (QED) is 0.361. The third-order valence-electron chi connectivity index (χ3n) is 5.07. The van der Waals surface area contributed by atoms with Crippen LogP contribution in [0.5, 0.6) is 5.75 Å². The summed E-state index contributed by atoms with van der Waals surface area (Å²) < 4.78 is 11.4. The Bertz CT molecular complexity index is 1230. The third kappa shape index (κ3) is 3.92. The van der Waals surface area contributed by atoms with Gasteiger partial charge in [-0.05, 0) is 41.5 Å². The van der Waals surface area contributed by atoms with E-state index in [1.165, 1.54) is 0 Å². The molecule has 3 aromatic carbocycles. The molecule has 5 nitrogen and oxygen atoms in total. The summed E-state index contributed by atoms with van der Waals surface area (Å²) in [5.74, 6) is 0.159. The van der Waals surface area contributed by atoms with Crippen LogP contribution >= 0.6 is 0 Å². The highest BCUT2D eigenvalue weighted by molar-refractivity contribution is 6.12. The molecule has 30 heavy (non-hydrogen) atoms. The van der Waals surface area contributed by atoms with Gasteiger partial charge in [-0.1, -0.05) is 49.7 Å². The fourth-order valence-corrected chi connectivity index (χ4v) is 3.59. The zero-order valence-electron chi connectivity index (χ0n) is 16.7. The van der Waals surface area contributed by atoms with Gasteiger partial charge in [-0.2, -0.15) is 0 Å². The Morgan fingerprint density at radius 2 is 1.77 bits per heavy atom. The zero-order valence-corrected chi connectivity index (χ0v) is 16.7. The van der Waals surface area contributed by atoms with Crippen LogP contribution < -0.4 is 4.74 Å². The molecule has 0 saturated carbocycles. The summed E-state index contributed by atoms with van der Waals surface area (Å²) in [6.45, 7) is 1.69. The van der Waals surface area contributed by atoms with Crippen molar-refractivity contribution in [1.82, 2.24) is 0 Å². The standard InChI is InChI=1S/C25H22O5/c1-2-3-7-21(26)24-20-6-4-5-8-22(20)30-25(24)18-10-9-17-14-19(29-15-23(27)28)12-11-16(17)13-18/h4-6,8-14H,2-3,7,15H2,1H3,(H,27,28). The number of unbranched alkanes of at least 4 members (excludes halogenated alkanes) is 1. The maximum Gasteiger partial charge on any atom is 0.341 e. The van der Waals surface area contributed by atoms with Gasteiger partial charge in [-0.25, -0.2) is 4.79 Å². The Kier molecular flexibility index (Phi) is 5.53. The second kappa shape index (κ2) is 8.41. The summed E-state index contributed by atoms with van der Waals surface area (Å²) in [4.78, 5) is 23.7. The number of para-hydroxylation sites is 1. The lowest BCUT2D eigenvalue weighted by molar-refractivity contribution is -0.139. The average Bonchev–Trinajstić information content (AvgIpc) is 3.15. The molecular weight excluding hydrogens is 380 g/mol. The maximum atomic E-state index is 13.0. The number of rotatable bonds is 8. The van der Waals surface area contributed by atoms with Gasteiger partial charge in [0.2, 0.25) is 0 Å². The van der Waals surface area contributed by atoms with Gasteiger partial charge in [0, 0.05) is 17.4 Å². The van der Waals surface area contributed by atoms with Crippen molar-refractivity contribution in [2.75, 3.05) is 6.61 Å². The molecule has 0 fully saturated rings. The monoisotopic (exact) mass is 402 g/mol. The van der Waals surface area contributed by atoms with Crippen LogP contribution in [0.4, 0.5) is 0 Å². The highest BCUT2D eigenvalue weighted by atomic mass is 16.5. The Morgan fingerprint density at radius 1 is 1.00 bits per heavy atom. The van der Waals surface area contributed by atoms with Gasteiger partial charge in [0.15, 0.2) is 12.4 Å². The molecule has 0 unspecified atom stereocenters. The smallest absolute Gasteiger partial charge is 0.341 e. The van der Waals surface area contributed by atoms with Crippen molar-refractivity contribution in [2.45, 2.75) is 26.2 Å². The molecule has 1 aromatic heterocycles. The Morgan fingerprint density at radius 3 is 2.57 bits per heavy atom. The number of carboxylic acids is 1. The van der Waals surface area contributed by atoms with Crippen LogP contribution in [0.1, 0.15) is 36.5 Å². The van der Waals surface area contributed by atoms with E-state index < -0.39 is 5.97 Å². The topological polar surface area (TPSA) is 76.7 Å². The van der Waals surface area contributed by atoms with Gasteiger partial charge in [-0.3, -0.25) is 4.79 Å². The molecule has 1 N–H and O–H groups in total. The fraction of sp³-hybridized carbons (Fsp3) is 0.200. The molecule has 4 rings (SSSR count). The molecule has 0 amide bonds. The second-order valence-corrected chi connectivity index (χ2v) is 7.24. The lowest BCUT2D eigenvalue weighted by atomic mass is 9.97. The number of carboxylic acid groups (broad SMARTS) is 1. The molecule has 5 heteroatoms. The Hall–Kier alpha value is -3.60. The molecule has 152 valence electrons. The number of ether oxygens (including phenoxy) is 1. The van der Waals surface area contributed by atoms with Gasteiger partial charge in [0.25, 0.3) is 0 Å². The van der Waals surface area contributed by atoms with E-state index in [-0.39, 0.29) is 12.4 Å². The first-order chi connectivity index (χ1) is 14.6. The van der Waals surface area contributed by atoms with Crippen LogP contribution in [0, 0.1) is 0 Å². The van der Waals surface area contributed by atoms with E-state index in [2.05, 4.69) is 6.92 Å². The number of furan rings is 1. The Labute approximate surface area is 173 Å². The van der Waals surface area contributed by atoms with Crippen molar-refractivity contribution in [3.63, 3.8) is 0 Å². The van der Waals surface area contributed by atoms with Crippen molar-refractivity contribution in [1.29, 1.82) is 0 Å². The highest BCUT2D eigenvalue weighted by Gasteiger charge is 2.21. The second-order valence-electron chi connectivity index (χ2n) is 7.24. The van der Waals surface area contributed by atoms with Crippen LogP contribution in [-0.2, 0) is 4.79 Å². The largest absolute Gasteiger partial charge is 0.482 e. The number of benzene rings is 3. The number of ketones is 1. The highest BCUT2D eigenvalue weighted by Crippen LogP contribution is 2.36. The minimum Gasteiger partial charge on any atom is -0.482 e. The van der Waals surface area contributed by atoms with Crippen molar-refractivity contribution in [2.24, 2.45) is 0 Å². The fourth-order valence-electron chi connectivity index (χ4n) is 3.59. The van der Waals surface area contributed by atoms with Crippen LogP contribution in [0.25, 0.3) is 33.1 Å². The molecule has 4 aromatic rings. The molecular formula is C25H22O5. The predicted octanol–water partition coefficient (Wildman–Crippen LogP) is 6.09. The van der Waals surface area contributed by atoms with Crippen LogP contribution in [-0.4, -0.2) is 23.5 Å². The first-order valence-corrected chi connectivity index (χ1v) is 10.0. The SMILES string of the molecule is CCCCC(=O)c1c(-c2ccc3cc(OCC(=O)O)ccc3c2)oc2ccccc12. The first-order valence-electron chi connectivity index (χ1n) is 10.0. The van der Waals surface area contributed by atoms with Crippen molar-refractivity contribution < 1.29 is 23.8 Å². The summed E-state index contributed by atoms with van der Waals surface area (Å²) in [5.41, 5.74) is 2.17. The number of hydrogen-bond acceptors (Lipinski definition) is 4. The Balaban J connectivity index is 1.76. The number of carbonyl (C=O) groups is 2. The lowest BCUT2D eigenvalue weighted by Crippen LogP contribution is -2.09. The number of aliphatic carboxylic acids is 1. The van der Waals surface area contributed by atoms with Gasteiger partial charge >= 0.3 is 5.97 Å². The third-order valence-corrected chi connectivity index (χ3v) is 5.07. The van der Waals surface area contributed by atoms with Crippen molar-refractivity contribution >= 4 is 33.5 Å². The molecule has 0 radical (unpaired) electrons. The minimum atomic E-state index is -1.02. The molecule has 0 bridgehead atoms. The zero-order chi connectivity index (χ0) is 21.1. The molecule has 0 spiro atoms.